The van der Waals surface area contributed by atoms with Gasteiger partial charge in [-0.25, -0.2) is 18.7 Å². The van der Waals surface area contributed by atoms with Gasteiger partial charge in [-0.05, 0) is 22.9 Å². The molecule has 0 saturated carbocycles. The molecule has 0 amide bonds. The lowest BCUT2D eigenvalue weighted by atomic mass is 10.3. The monoisotopic (exact) mass is 222 g/mol. The van der Waals surface area contributed by atoms with Crippen LogP contribution in [0.4, 0.5) is 8.78 Å². The van der Waals surface area contributed by atoms with Gasteiger partial charge in [0.1, 0.15) is 10.4 Å². The topological polar surface area (TPSA) is 25.8 Å². The van der Waals surface area contributed by atoms with Crippen LogP contribution < -0.4 is 0 Å². The maximum Gasteiger partial charge on any atom is 0.267 e. The first-order valence-corrected chi connectivity index (χ1v) is 3.67. The highest BCUT2D eigenvalue weighted by Crippen LogP contribution is 2.24. The van der Waals surface area contributed by atoms with Gasteiger partial charge in [0.05, 0.1) is 5.56 Å². The number of rotatable bonds is 1. The summed E-state index contributed by atoms with van der Waals surface area (Å²) in [7, 11) is 0. The number of hydrogen-bond donors (Lipinski definition) is 0. The van der Waals surface area contributed by atoms with Crippen LogP contribution in [0.1, 0.15) is 17.8 Å². The van der Waals surface area contributed by atoms with Crippen molar-refractivity contribution in [2.45, 2.75) is 13.3 Å². The molecular weight excluding hydrogens is 218 g/mol. The molecule has 0 N–H and O–H groups in total. The van der Waals surface area contributed by atoms with Gasteiger partial charge in [0.25, 0.3) is 6.43 Å². The molecule has 0 radical (unpaired) electrons. The maximum atomic E-state index is 12.0. The Morgan fingerprint density at radius 1 is 1.55 bits per heavy atom. The zero-order valence-corrected chi connectivity index (χ0v) is 7.27. The van der Waals surface area contributed by atoms with Crippen molar-refractivity contribution in [3.05, 3.63) is 22.2 Å². The zero-order chi connectivity index (χ0) is 8.43. The average Bonchev–Trinajstić information content (AvgIpc) is 1.85. The molecule has 1 aromatic heterocycles. The van der Waals surface area contributed by atoms with Crippen LogP contribution >= 0.6 is 15.9 Å². The standard InChI is InChI=1S/C6H5BrF2N2/c1-3-10-2-4(6(8)9)5(7)11-3/h2,6H,1H3. The third-order valence-electron chi connectivity index (χ3n) is 1.12. The lowest BCUT2D eigenvalue weighted by molar-refractivity contribution is 0.149. The number of hydrogen-bond acceptors (Lipinski definition) is 2. The molecule has 1 aromatic rings. The molecule has 0 aliphatic carbocycles. The lowest BCUT2D eigenvalue weighted by Gasteiger charge is -2.00. The van der Waals surface area contributed by atoms with E-state index in [-0.39, 0.29) is 10.2 Å². The van der Waals surface area contributed by atoms with Gasteiger partial charge in [-0.1, -0.05) is 0 Å². The average molecular weight is 223 g/mol. The molecule has 0 unspecified atom stereocenters. The first kappa shape index (κ1) is 8.52. The Labute approximate surface area is 70.8 Å². The number of alkyl halides is 2. The fourth-order valence-electron chi connectivity index (χ4n) is 0.598. The summed E-state index contributed by atoms with van der Waals surface area (Å²) in [5.41, 5.74) is -0.171. The second-order valence-electron chi connectivity index (χ2n) is 1.96. The Kier molecular flexibility index (Phi) is 2.49. The minimum atomic E-state index is -2.52. The van der Waals surface area contributed by atoms with Crippen LogP contribution in [-0.4, -0.2) is 9.97 Å². The largest absolute Gasteiger partial charge is 0.267 e. The van der Waals surface area contributed by atoms with Gasteiger partial charge in [-0.3, -0.25) is 0 Å². The van der Waals surface area contributed by atoms with Crippen LogP contribution in [0, 0.1) is 6.92 Å². The Morgan fingerprint density at radius 2 is 2.18 bits per heavy atom. The summed E-state index contributed by atoms with van der Waals surface area (Å²) >= 11 is 2.92. The normalized spacial score (nSPS) is 10.6. The van der Waals surface area contributed by atoms with E-state index < -0.39 is 6.43 Å². The summed E-state index contributed by atoms with van der Waals surface area (Å²) in [6.45, 7) is 1.64. The van der Waals surface area contributed by atoms with Gasteiger partial charge in [-0.15, -0.1) is 0 Å². The molecule has 0 spiro atoms. The molecule has 60 valence electrons. The highest BCUT2D eigenvalue weighted by Gasteiger charge is 2.12. The van der Waals surface area contributed by atoms with E-state index in [1.165, 1.54) is 0 Å². The van der Waals surface area contributed by atoms with Crippen LogP contribution in [0.5, 0.6) is 0 Å². The molecule has 5 heteroatoms. The van der Waals surface area contributed by atoms with E-state index in [9.17, 15) is 8.78 Å². The van der Waals surface area contributed by atoms with E-state index in [1.54, 1.807) is 6.92 Å². The van der Waals surface area contributed by atoms with Gasteiger partial charge in [0.15, 0.2) is 0 Å². The second kappa shape index (κ2) is 3.21. The summed E-state index contributed by atoms with van der Waals surface area (Å²) in [5, 5.41) is 0. The van der Waals surface area contributed by atoms with Gasteiger partial charge in [0.2, 0.25) is 0 Å². The van der Waals surface area contributed by atoms with E-state index in [0.29, 0.717) is 5.82 Å². The fraction of sp³-hybridized carbons (Fsp3) is 0.333. The smallest absolute Gasteiger partial charge is 0.241 e. The van der Waals surface area contributed by atoms with Crippen molar-refractivity contribution in [3.63, 3.8) is 0 Å². The molecule has 2 nitrogen and oxygen atoms in total. The van der Waals surface area contributed by atoms with E-state index in [4.69, 9.17) is 0 Å². The molecule has 11 heavy (non-hydrogen) atoms. The van der Waals surface area contributed by atoms with Crippen molar-refractivity contribution in [1.29, 1.82) is 0 Å². The van der Waals surface area contributed by atoms with Gasteiger partial charge in [-0.2, -0.15) is 0 Å². The van der Waals surface area contributed by atoms with Gasteiger partial charge < -0.3 is 0 Å². The molecule has 0 fully saturated rings. The van der Waals surface area contributed by atoms with E-state index in [0.717, 1.165) is 6.20 Å². The lowest BCUT2D eigenvalue weighted by Crippen LogP contribution is -1.94. The van der Waals surface area contributed by atoms with Crippen LogP contribution in [-0.2, 0) is 0 Å². The minimum Gasteiger partial charge on any atom is -0.241 e. The fourth-order valence-corrected chi connectivity index (χ4v) is 1.13. The van der Waals surface area contributed by atoms with Crippen molar-refractivity contribution >= 4 is 15.9 Å². The molecule has 1 rings (SSSR count). The van der Waals surface area contributed by atoms with Crippen molar-refractivity contribution < 1.29 is 8.78 Å². The van der Waals surface area contributed by atoms with Crippen LogP contribution in [0.25, 0.3) is 0 Å². The predicted octanol–water partition coefficient (Wildman–Crippen LogP) is 2.49. The summed E-state index contributed by atoms with van der Waals surface area (Å²) in [4.78, 5) is 7.36. The second-order valence-corrected chi connectivity index (χ2v) is 2.72. The van der Waals surface area contributed by atoms with Crippen molar-refractivity contribution in [3.8, 4) is 0 Å². The molecule has 1 heterocycles. The summed E-state index contributed by atoms with van der Waals surface area (Å²) < 4.78 is 24.3. The van der Waals surface area contributed by atoms with E-state index in [2.05, 4.69) is 25.9 Å². The summed E-state index contributed by atoms with van der Waals surface area (Å²) in [5.74, 6) is 0.473. The zero-order valence-electron chi connectivity index (χ0n) is 5.68. The Bertz CT molecular complexity index is 265. The number of aromatic nitrogens is 2. The van der Waals surface area contributed by atoms with Crippen LogP contribution in [0.3, 0.4) is 0 Å². The SMILES string of the molecule is Cc1ncc(C(F)F)c(Br)n1. The Hall–Kier alpha value is -0.580. The first-order valence-electron chi connectivity index (χ1n) is 2.88. The molecule has 0 aliphatic rings. The molecule has 0 aromatic carbocycles. The van der Waals surface area contributed by atoms with Gasteiger partial charge >= 0.3 is 0 Å². The van der Waals surface area contributed by atoms with Crippen LogP contribution in [0.15, 0.2) is 10.8 Å². The molecule has 0 saturated heterocycles. The van der Waals surface area contributed by atoms with E-state index >= 15 is 0 Å². The molecule has 0 aliphatic heterocycles. The first-order chi connectivity index (χ1) is 5.11. The Balaban J connectivity index is 3.09. The number of nitrogens with zero attached hydrogens (tertiary/aromatic N) is 2. The van der Waals surface area contributed by atoms with Crippen molar-refractivity contribution in [2.75, 3.05) is 0 Å². The van der Waals surface area contributed by atoms with Gasteiger partial charge in [0, 0.05) is 6.20 Å². The summed E-state index contributed by atoms with van der Waals surface area (Å²) in [6, 6.07) is 0. The molecular formula is C6H5BrF2N2. The van der Waals surface area contributed by atoms with Crippen molar-refractivity contribution in [2.24, 2.45) is 0 Å². The number of halogens is 3. The van der Waals surface area contributed by atoms with Crippen LogP contribution in [0.2, 0.25) is 0 Å². The van der Waals surface area contributed by atoms with E-state index in [1.807, 2.05) is 0 Å². The third kappa shape index (κ3) is 1.92. The highest BCUT2D eigenvalue weighted by molar-refractivity contribution is 9.10. The molecule has 0 atom stereocenters. The highest BCUT2D eigenvalue weighted by atomic mass is 79.9. The maximum absolute atomic E-state index is 12.0. The quantitative estimate of drug-likeness (QED) is 0.683. The third-order valence-corrected chi connectivity index (χ3v) is 1.76. The van der Waals surface area contributed by atoms with Crippen molar-refractivity contribution in [1.82, 2.24) is 9.97 Å². The minimum absolute atomic E-state index is 0.167. The predicted molar refractivity (Wildman–Crippen MR) is 39.4 cm³/mol. The summed E-state index contributed by atoms with van der Waals surface area (Å²) in [6.07, 6.45) is -1.40. The Morgan fingerprint density at radius 3 is 2.64 bits per heavy atom. The number of aryl methyl sites for hydroxylation is 1. The molecule has 0 bridgehead atoms.